The van der Waals surface area contributed by atoms with Crippen LogP contribution in [0.4, 0.5) is 0 Å². The Morgan fingerprint density at radius 1 is 1.15 bits per heavy atom. The van der Waals surface area contributed by atoms with Crippen LogP contribution in [-0.2, 0) is 22.7 Å². The third kappa shape index (κ3) is 4.43. The van der Waals surface area contributed by atoms with E-state index in [-0.39, 0.29) is 11.8 Å². The fraction of sp³-hybridized carbons (Fsp3) is 0.400. The number of thiophene rings is 1. The van der Waals surface area contributed by atoms with Crippen molar-refractivity contribution < 1.29 is 9.59 Å². The SMILES string of the molecule is Cc1cc(Cl)cc(-c2ccnc3cc(CN4C(=O)CCC4=O)sc23)c1CN1CCNC[C@H]1C. The number of nitrogens with one attached hydrogen (secondary N) is 1. The number of hydrogen-bond acceptors (Lipinski definition) is 6. The van der Waals surface area contributed by atoms with Gasteiger partial charge in [-0.25, -0.2) is 0 Å². The second kappa shape index (κ2) is 9.14. The van der Waals surface area contributed by atoms with Gasteiger partial charge in [0.15, 0.2) is 0 Å². The van der Waals surface area contributed by atoms with E-state index in [4.69, 9.17) is 11.6 Å². The minimum atomic E-state index is -0.0940. The Morgan fingerprint density at radius 3 is 2.70 bits per heavy atom. The monoisotopic (exact) mass is 482 g/mol. The number of amides is 2. The highest BCUT2D eigenvalue weighted by Gasteiger charge is 2.29. The lowest BCUT2D eigenvalue weighted by Crippen LogP contribution is -2.49. The van der Waals surface area contributed by atoms with Crippen molar-refractivity contribution in [2.75, 3.05) is 19.6 Å². The molecule has 1 N–H and O–H groups in total. The molecule has 4 heterocycles. The maximum Gasteiger partial charge on any atom is 0.230 e. The molecule has 0 unspecified atom stereocenters. The van der Waals surface area contributed by atoms with E-state index in [0.717, 1.165) is 57.4 Å². The molecule has 2 saturated heterocycles. The van der Waals surface area contributed by atoms with Gasteiger partial charge in [0.2, 0.25) is 11.8 Å². The van der Waals surface area contributed by atoms with E-state index in [2.05, 4.69) is 35.1 Å². The zero-order chi connectivity index (χ0) is 23.1. The topological polar surface area (TPSA) is 65.5 Å². The summed E-state index contributed by atoms with van der Waals surface area (Å²) in [6.07, 6.45) is 2.44. The molecule has 2 aromatic heterocycles. The van der Waals surface area contributed by atoms with Crippen molar-refractivity contribution in [1.82, 2.24) is 20.1 Å². The minimum absolute atomic E-state index is 0.0940. The highest BCUT2D eigenvalue weighted by atomic mass is 35.5. The molecule has 3 aromatic rings. The molecule has 6 nitrogen and oxygen atoms in total. The van der Waals surface area contributed by atoms with E-state index in [1.54, 1.807) is 11.3 Å². The van der Waals surface area contributed by atoms with E-state index in [1.165, 1.54) is 16.0 Å². The summed E-state index contributed by atoms with van der Waals surface area (Å²) in [7, 11) is 0. The molecule has 0 aliphatic carbocycles. The Bertz CT molecular complexity index is 1220. The van der Waals surface area contributed by atoms with Crippen LogP contribution in [0.2, 0.25) is 5.02 Å². The Balaban J connectivity index is 1.55. The van der Waals surface area contributed by atoms with Crippen molar-refractivity contribution in [3.8, 4) is 11.1 Å². The van der Waals surface area contributed by atoms with Crippen molar-refractivity contribution in [3.63, 3.8) is 0 Å². The standard InChI is InChI=1S/C25H27ClN4O2S/c1-15-9-17(26)10-20(21(15)14-29-8-7-27-12-16(29)2)19-5-6-28-22-11-18(33-25(19)22)13-30-23(31)3-4-24(30)32/h5-6,9-11,16,27H,3-4,7-8,12-14H2,1-2H3/t16-/m1/s1. The normalized spacial score (nSPS) is 19.7. The number of fused-ring (bicyclic) bond motifs is 1. The number of nitrogens with zero attached hydrogens (tertiary/aromatic N) is 3. The summed E-state index contributed by atoms with van der Waals surface area (Å²) in [5, 5.41) is 4.18. The summed E-state index contributed by atoms with van der Waals surface area (Å²) >= 11 is 8.13. The van der Waals surface area contributed by atoms with Crippen LogP contribution in [0.1, 0.15) is 35.8 Å². The number of aryl methyl sites for hydroxylation is 1. The summed E-state index contributed by atoms with van der Waals surface area (Å²) in [5.41, 5.74) is 5.56. The van der Waals surface area contributed by atoms with Gasteiger partial charge < -0.3 is 5.32 Å². The predicted octanol–water partition coefficient (Wildman–Crippen LogP) is 4.37. The number of imide groups is 1. The van der Waals surface area contributed by atoms with E-state index < -0.39 is 0 Å². The molecule has 2 aliphatic rings. The van der Waals surface area contributed by atoms with Crippen LogP contribution < -0.4 is 5.32 Å². The average molecular weight is 483 g/mol. The van der Waals surface area contributed by atoms with Gasteiger partial charge in [0.1, 0.15) is 0 Å². The van der Waals surface area contributed by atoms with Gasteiger partial charge >= 0.3 is 0 Å². The second-order valence-electron chi connectivity index (χ2n) is 8.93. The van der Waals surface area contributed by atoms with Gasteiger partial charge in [-0.1, -0.05) is 11.6 Å². The van der Waals surface area contributed by atoms with Crippen LogP contribution in [0.15, 0.2) is 30.5 Å². The Labute approximate surface area is 202 Å². The summed E-state index contributed by atoms with van der Waals surface area (Å²) in [6, 6.07) is 8.60. The first-order chi connectivity index (χ1) is 15.9. The second-order valence-corrected chi connectivity index (χ2v) is 10.5. The maximum absolute atomic E-state index is 12.1. The molecular weight excluding hydrogens is 456 g/mol. The van der Waals surface area contributed by atoms with Gasteiger partial charge in [0, 0.05) is 66.7 Å². The number of aromatic nitrogens is 1. The molecule has 1 atom stereocenters. The Hall–Kier alpha value is -2.32. The largest absolute Gasteiger partial charge is 0.314 e. The van der Waals surface area contributed by atoms with E-state index in [1.807, 2.05) is 24.4 Å². The van der Waals surface area contributed by atoms with Crippen LogP contribution in [-0.4, -0.2) is 52.3 Å². The third-order valence-electron chi connectivity index (χ3n) is 6.66. The number of halogens is 1. The lowest BCUT2D eigenvalue weighted by molar-refractivity contribution is -0.138. The van der Waals surface area contributed by atoms with Crippen LogP contribution in [0.3, 0.4) is 0 Å². The molecule has 2 aliphatic heterocycles. The molecule has 0 bridgehead atoms. The summed E-state index contributed by atoms with van der Waals surface area (Å²) < 4.78 is 1.06. The molecule has 0 spiro atoms. The van der Waals surface area contributed by atoms with Crippen molar-refractivity contribution in [3.05, 3.63) is 51.5 Å². The Morgan fingerprint density at radius 2 is 1.94 bits per heavy atom. The van der Waals surface area contributed by atoms with E-state index >= 15 is 0 Å². The minimum Gasteiger partial charge on any atom is -0.314 e. The Kier molecular flexibility index (Phi) is 6.22. The first-order valence-corrected chi connectivity index (χ1v) is 12.5. The van der Waals surface area contributed by atoms with Crippen molar-refractivity contribution in [2.24, 2.45) is 0 Å². The van der Waals surface area contributed by atoms with Crippen LogP contribution in [0.5, 0.6) is 0 Å². The number of hydrogen-bond donors (Lipinski definition) is 1. The molecule has 0 radical (unpaired) electrons. The first kappa shape index (κ1) is 22.5. The van der Waals surface area contributed by atoms with Gasteiger partial charge in [-0.3, -0.25) is 24.4 Å². The molecule has 172 valence electrons. The molecule has 0 saturated carbocycles. The quantitative estimate of drug-likeness (QED) is 0.547. The zero-order valence-corrected chi connectivity index (χ0v) is 20.4. The lowest BCUT2D eigenvalue weighted by Gasteiger charge is -2.35. The summed E-state index contributed by atoms with van der Waals surface area (Å²) in [4.78, 5) is 33.6. The van der Waals surface area contributed by atoms with Gasteiger partial charge in [-0.05, 0) is 54.8 Å². The number of rotatable bonds is 5. The molecule has 1 aromatic carbocycles. The summed E-state index contributed by atoms with van der Waals surface area (Å²) in [5.74, 6) is -0.188. The van der Waals surface area contributed by atoms with Gasteiger partial charge in [-0.15, -0.1) is 11.3 Å². The fourth-order valence-electron chi connectivity index (χ4n) is 4.78. The first-order valence-electron chi connectivity index (χ1n) is 11.4. The molecule has 2 fully saturated rings. The molecule has 2 amide bonds. The highest BCUT2D eigenvalue weighted by molar-refractivity contribution is 7.19. The third-order valence-corrected chi connectivity index (χ3v) is 8.02. The van der Waals surface area contributed by atoms with E-state index in [0.29, 0.717) is 25.4 Å². The fourth-order valence-corrected chi connectivity index (χ4v) is 6.18. The van der Waals surface area contributed by atoms with Crippen LogP contribution >= 0.6 is 22.9 Å². The molecule has 33 heavy (non-hydrogen) atoms. The lowest BCUT2D eigenvalue weighted by atomic mass is 9.95. The molecular formula is C25H27ClN4O2S. The van der Waals surface area contributed by atoms with E-state index in [9.17, 15) is 9.59 Å². The average Bonchev–Trinajstić information content (AvgIpc) is 3.34. The van der Waals surface area contributed by atoms with Gasteiger partial charge in [-0.2, -0.15) is 0 Å². The van der Waals surface area contributed by atoms with Crippen molar-refractivity contribution in [1.29, 1.82) is 0 Å². The maximum atomic E-state index is 12.1. The van der Waals surface area contributed by atoms with Crippen LogP contribution in [0, 0.1) is 6.92 Å². The zero-order valence-electron chi connectivity index (χ0n) is 18.9. The predicted molar refractivity (Wildman–Crippen MR) is 132 cm³/mol. The number of benzene rings is 1. The summed E-state index contributed by atoms with van der Waals surface area (Å²) in [6.45, 7) is 8.56. The van der Waals surface area contributed by atoms with Gasteiger partial charge in [0.05, 0.1) is 16.8 Å². The molecule has 8 heteroatoms. The number of pyridine rings is 1. The number of carbonyl (C=O) groups excluding carboxylic acids is 2. The smallest absolute Gasteiger partial charge is 0.230 e. The van der Waals surface area contributed by atoms with Crippen LogP contribution in [0.25, 0.3) is 21.3 Å². The highest BCUT2D eigenvalue weighted by Crippen LogP contribution is 2.39. The number of likely N-dealkylation sites (tertiary alicyclic amines) is 1. The van der Waals surface area contributed by atoms with Crippen molar-refractivity contribution >= 4 is 45.0 Å². The number of carbonyl (C=O) groups is 2. The molecule has 5 rings (SSSR count). The van der Waals surface area contributed by atoms with Gasteiger partial charge in [0.25, 0.3) is 0 Å². The number of piperazine rings is 1. The van der Waals surface area contributed by atoms with Crippen molar-refractivity contribution in [2.45, 2.75) is 45.8 Å².